The second-order valence-electron chi connectivity index (χ2n) is 4.11. The molecule has 0 fully saturated rings. The summed E-state index contributed by atoms with van der Waals surface area (Å²) >= 11 is 0. The summed E-state index contributed by atoms with van der Waals surface area (Å²) in [5, 5.41) is 0. The van der Waals surface area contributed by atoms with E-state index in [0.717, 1.165) is 6.42 Å². The van der Waals surface area contributed by atoms with E-state index in [4.69, 9.17) is 0 Å². The van der Waals surface area contributed by atoms with Crippen LogP contribution in [-0.4, -0.2) is 0 Å². The van der Waals surface area contributed by atoms with E-state index in [1.807, 2.05) is 0 Å². The van der Waals surface area contributed by atoms with Crippen LogP contribution in [0.4, 0.5) is 0 Å². The van der Waals surface area contributed by atoms with E-state index < -0.39 is 0 Å². The Kier molecular flexibility index (Phi) is 2.53. The van der Waals surface area contributed by atoms with Crippen molar-refractivity contribution in [2.45, 2.75) is 20.3 Å². The molecule has 1 atom stereocenters. The first kappa shape index (κ1) is 9.26. The van der Waals surface area contributed by atoms with Gasteiger partial charge in [-0.3, -0.25) is 0 Å². The molecule has 14 heavy (non-hydrogen) atoms. The second kappa shape index (κ2) is 3.83. The van der Waals surface area contributed by atoms with Gasteiger partial charge >= 0.3 is 0 Å². The summed E-state index contributed by atoms with van der Waals surface area (Å²) in [5.74, 6) is 0.555. The largest absolute Gasteiger partial charge is 0.0779 e. The van der Waals surface area contributed by atoms with E-state index in [1.54, 1.807) is 0 Å². The first-order chi connectivity index (χ1) is 6.75. The molecule has 0 aromatic carbocycles. The molecule has 2 aliphatic carbocycles. The van der Waals surface area contributed by atoms with Crippen molar-refractivity contribution >= 4 is 0 Å². The lowest BCUT2D eigenvalue weighted by Crippen LogP contribution is -1.84. The van der Waals surface area contributed by atoms with E-state index in [-0.39, 0.29) is 0 Å². The average molecular weight is 184 g/mol. The Morgan fingerprint density at radius 1 is 1.14 bits per heavy atom. The van der Waals surface area contributed by atoms with E-state index in [1.165, 1.54) is 16.7 Å². The molecule has 0 spiro atoms. The predicted octanol–water partition coefficient (Wildman–Crippen LogP) is 3.95. The number of hydrogen-bond acceptors (Lipinski definition) is 0. The van der Waals surface area contributed by atoms with Gasteiger partial charge in [-0.15, -0.1) is 0 Å². The number of rotatable bonds is 1. The fourth-order valence-electron chi connectivity index (χ4n) is 1.78. The van der Waals surface area contributed by atoms with Crippen LogP contribution in [0, 0.1) is 5.92 Å². The topological polar surface area (TPSA) is 0 Å². The molecule has 0 saturated heterocycles. The third-order valence-corrected chi connectivity index (χ3v) is 2.68. The zero-order valence-corrected chi connectivity index (χ0v) is 8.83. The van der Waals surface area contributed by atoms with Gasteiger partial charge in [0.1, 0.15) is 0 Å². The minimum absolute atomic E-state index is 0.555. The van der Waals surface area contributed by atoms with Gasteiger partial charge in [0.15, 0.2) is 0 Å². The van der Waals surface area contributed by atoms with Crippen LogP contribution in [0.3, 0.4) is 0 Å². The van der Waals surface area contributed by atoms with E-state index in [2.05, 4.69) is 56.4 Å². The van der Waals surface area contributed by atoms with Crippen molar-refractivity contribution in [2.24, 2.45) is 5.92 Å². The van der Waals surface area contributed by atoms with E-state index >= 15 is 0 Å². The second-order valence-corrected chi connectivity index (χ2v) is 4.11. The lowest BCUT2D eigenvalue weighted by Gasteiger charge is -2.02. The molecule has 2 aliphatic rings. The Morgan fingerprint density at radius 3 is 2.71 bits per heavy atom. The smallest absolute Gasteiger partial charge is 0.00608 e. The van der Waals surface area contributed by atoms with Gasteiger partial charge in [0.2, 0.25) is 0 Å². The van der Waals surface area contributed by atoms with Gasteiger partial charge in [-0.2, -0.15) is 0 Å². The molecule has 2 rings (SSSR count). The Bertz CT molecular complexity index is 373. The zero-order chi connectivity index (χ0) is 9.97. The quantitative estimate of drug-likeness (QED) is 0.579. The van der Waals surface area contributed by atoms with Crippen LogP contribution in [0.15, 0.2) is 59.3 Å². The molecule has 0 aromatic heterocycles. The van der Waals surface area contributed by atoms with Gasteiger partial charge in [0.05, 0.1) is 0 Å². The van der Waals surface area contributed by atoms with Crippen LogP contribution < -0.4 is 0 Å². The van der Waals surface area contributed by atoms with E-state index in [0.29, 0.717) is 5.92 Å². The minimum atomic E-state index is 0.555. The fourth-order valence-corrected chi connectivity index (χ4v) is 1.78. The zero-order valence-electron chi connectivity index (χ0n) is 8.83. The molecular weight excluding hydrogens is 168 g/mol. The lowest BCUT2D eigenvalue weighted by molar-refractivity contribution is 0.942. The van der Waals surface area contributed by atoms with Crippen molar-refractivity contribution < 1.29 is 0 Å². The minimum Gasteiger partial charge on any atom is -0.0779 e. The van der Waals surface area contributed by atoms with Gasteiger partial charge in [-0.25, -0.2) is 0 Å². The van der Waals surface area contributed by atoms with Gasteiger partial charge in [-0.1, -0.05) is 55.0 Å². The van der Waals surface area contributed by atoms with Crippen molar-refractivity contribution in [3.8, 4) is 0 Å². The van der Waals surface area contributed by atoms with Gasteiger partial charge in [0, 0.05) is 0 Å². The third kappa shape index (κ3) is 1.95. The number of allylic oxidation sites excluding steroid dienone is 10. The Labute approximate surface area is 86.0 Å². The highest BCUT2D eigenvalue weighted by atomic mass is 14.1. The standard InChI is InChI=1S/C14H16/c1-11-4-3-5-13(8-6-11)14-9-7-12(2)10-14/h3-9,11H,10H2,1-2H3. The molecule has 1 unspecified atom stereocenters. The first-order valence-electron chi connectivity index (χ1n) is 5.19. The molecule has 0 amide bonds. The van der Waals surface area contributed by atoms with Crippen LogP contribution in [0.5, 0.6) is 0 Å². The van der Waals surface area contributed by atoms with Gasteiger partial charge < -0.3 is 0 Å². The van der Waals surface area contributed by atoms with Crippen molar-refractivity contribution in [3.63, 3.8) is 0 Å². The van der Waals surface area contributed by atoms with Gasteiger partial charge in [0.25, 0.3) is 0 Å². The van der Waals surface area contributed by atoms with Crippen molar-refractivity contribution in [1.82, 2.24) is 0 Å². The molecule has 0 saturated carbocycles. The van der Waals surface area contributed by atoms with Crippen LogP contribution in [-0.2, 0) is 0 Å². The summed E-state index contributed by atoms with van der Waals surface area (Å²) in [6.45, 7) is 4.39. The molecule has 0 radical (unpaired) electrons. The molecule has 0 heterocycles. The molecular formula is C14H16. The third-order valence-electron chi connectivity index (χ3n) is 2.68. The highest BCUT2D eigenvalue weighted by Gasteiger charge is 2.08. The highest BCUT2D eigenvalue weighted by molar-refractivity contribution is 5.49. The molecule has 0 aromatic rings. The molecule has 0 nitrogen and oxygen atoms in total. The Hall–Kier alpha value is -1.30. The van der Waals surface area contributed by atoms with Crippen LogP contribution in [0.2, 0.25) is 0 Å². The SMILES string of the molecule is CC1=CC=C(C2=CC=CC(C)C=C2)C1. The van der Waals surface area contributed by atoms with Crippen molar-refractivity contribution in [2.75, 3.05) is 0 Å². The predicted molar refractivity (Wildman–Crippen MR) is 62.0 cm³/mol. The summed E-state index contributed by atoms with van der Waals surface area (Å²) in [5.41, 5.74) is 4.26. The molecule has 0 N–H and O–H groups in total. The summed E-state index contributed by atoms with van der Waals surface area (Å²) < 4.78 is 0. The van der Waals surface area contributed by atoms with Crippen LogP contribution in [0.1, 0.15) is 20.3 Å². The Balaban J connectivity index is 2.17. The maximum Gasteiger partial charge on any atom is -0.00608 e. The normalized spacial score (nSPS) is 25.6. The molecule has 0 bridgehead atoms. The summed E-state index contributed by atoms with van der Waals surface area (Å²) in [6.07, 6.45) is 16.6. The first-order valence-corrected chi connectivity index (χ1v) is 5.19. The average Bonchev–Trinajstić information content (AvgIpc) is 2.46. The molecule has 72 valence electrons. The summed E-state index contributed by atoms with van der Waals surface area (Å²) in [6, 6.07) is 0. The fraction of sp³-hybridized carbons (Fsp3) is 0.286. The maximum absolute atomic E-state index is 2.25. The van der Waals surface area contributed by atoms with E-state index in [9.17, 15) is 0 Å². The van der Waals surface area contributed by atoms with Crippen molar-refractivity contribution in [1.29, 1.82) is 0 Å². The lowest BCUT2D eigenvalue weighted by atomic mass is 10.0. The van der Waals surface area contributed by atoms with Crippen molar-refractivity contribution in [3.05, 3.63) is 59.3 Å². The maximum atomic E-state index is 2.25. The molecule has 0 aliphatic heterocycles. The van der Waals surface area contributed by atoms with Crippen LogP contribution >= 0.6 is 0 Å². The van der Waals surface area contributed by atoms with Crippen LogP contribution in [0.25, 0.3) is 0 Å². The highest BCUT2D eigenvalue weighted by Crippen LogP contribution is 2.27. The molecule has 0 heteroatoms. The number of hydrogen-bond donors (Lipinski definition) is 0. The Morgan fingerprint density at radius 2 is 2.00 bits per heavy atom. The monoisotopic (exact) mass is 184 g/mol. The summed E-state index contributed by atoms with van der Waals surface area (Å²) in [4.78, 5) is 0. The summed E-state index contributed by atoms with van der Waals surface area (Å²) in [7, 11) is 0. The van der Waals surface area contributed by atoms with Gasteiger partial charge in [-0.05, 0) is 30.4 Å².